The fourth-order valence-corrected chi connectivity index (χ4v) is 6.90. The van der Waals surface area contributed by atoms with Gasteiger partial charge in [-0.3, -0.25) is 0 Å². The summed E-state index contributed by atoms with van der Waals surface area (Å²) in [5.74, 6) is 5.62. The van der Waals surface area contributed by atoms with Crippen LogP contribution in [0.3, 0.4) is 0 Å². The van der Waals surface area contributed by atoms with Gasteiger partial charge < -0.3 is 10.2 Å². The molecule has 0 radical (unpaired) electrons. The molecular weight excluding hydrogens is 284 g/mol. The lowest BCUT2D eigenvalue weighted by Gasteiger charge is -2.54. The van der Waals surface area contributed by atoms with E-state index < -0.39 is 5.60 Å². The van der Waals surface area contributed by atoms with Gasteiger partial charge in [0.15, 0.2) is 0 Å². The van der Waals surface area contributed by atoms with Crippen LogP contribution in [0, 0.1) is 47.3 Å². The van der Waals surface area contributed by atoms with Crippen molar-refractivity contribution < 1.29 is 10.2 Å². The zero-order valence-corrected chi connectivity index (χ0v) is 14.5. The first kappa shape index (κ1) is 15.7. The summed E-state index contributed by atoms with van der Waals surface area (Å²) >= 11 is 0. The molecule has 0 aliphatic heterocycles. The molecule has 0 saturated heterocycles. The molecule has 3 saturated carbocycles. The summed E-state index contributed by atoms with van der Waals surface area (Å²) in [4.78, 5) is 0. The third-order valence-corrected chi connectivity index (χ3v) is 8.22. The Morgan fingerprint density at radius 2 is 2.04 bits per heavy atom. The minimum absolute atomic E-state index is 0.123. The van der Waals surface area contributed by atoms with Gasteiger partial charge in [-0.2, -0.15) is 0 Å². The highest BCUT2D eigenvalue weighted by molar-refractivity contribution is 5.27. The van der Waals surface area contributed by atoms with Crippen molar-refractivity contribution in [3.05, 3.63) is 11.6 Å². The molecule has 0 heterocycles. The number of terminal acetylenes is 1. The average molecular weight is 314 g/mol. The number of hydrogen-bond donors (Lipinski definition) is 2. The van der Waals surface area contributed by atoms with E-state index in [1.54, 1.807) is 0 Å². The molecule has 2 heteroatoms. The fraction of sp³-hybridized carbons (Fsp3) is 0.810. The topological polar surface area (TPSA) is 40.5 Å². The van der Waals surface area contributed by atoms with Crippen molar-refractivity contribution in [1.29, 1.82) is 0 Å². The smallest absolute Gasteiger partial charge is 0.133 e. The second-order valence-corrected chi connectivity index (χ2v) is 8.99. The number of hydrogen-bond acceptors (Lipinski definition) is 2. The molecule has 0 aromatic carbocycles. The molecule has 4 aliphatic carbocycles. The second kappa shape index (κ2) is 5.11. The van der Waals surface area contributed by atoms with Crippen LogP contribution in [-0.2, 0) is 0 Å². The summed E-state index contributed by atoms with van der Waals surface area (Å²) in [6, 6.07) is 0. The SMILES string of the molecule is C#C[C@]1(O)[C@@H](C)CC2C3CC=C4C[C@@H](O)CC[C@@H]4C3CC[C@@]21C. The maximum atomic E-state index is 11.2. The molecule has 23 heavy (non-hydrogen) atoms. The zero-order valence-electron chi connectivity index (χ0n) is 14.5. The van der Waals surface area contributed by atoms with Crippen molar-refractivity contribution in [1.82, 2.24) is 0 Å². The summed E-state index contributed by atoms with van der Waals surface area (Å²) in [6.45, 7) is 4.39. The monoisotopic (exact) mass is 314 g/mol. The Morgan fingerprint density at radius 3 is 2.78 bits per heavy atom. The molecule has 0 aromatic heterocycles. The van der Waals surface area contributed by atoms with Crippen LogP contribution in [0.15, 0.2) is 11.6 Å². The molecule has 8 atom stereocenters. The molecule has 3 unspecified atom stereocenters. The highest BCUT2D eigenvalue weighted by Crippen LogP contribution is 2.65. The lowest BCUT2D eigenvalue weighted by Crippen LogP contribution is -2.53. The molecule has 4 aliphatic rings. The molecule has 0 amide bonds. The van der Waals surface area contributed by atoms with Gasteiger partial charge in [-0.15, -0.1) is 6.42 Å². The van der Waals surface area contributed by atoms with Gasteiger partial charge in [-0.05, 0) is 74.5 Å². The molecule has 4 rings (SSSR count). The van der Waals surface area contributed by atoms with Gasteiger partial charge in [0.25, 0.3) is 0 Å². The van der Waals surface area contributed by atoms with Crippen LogP contribution in [0.25, 0.3) is 0 Å². The van der Waals surface area contributed by atoms with Gasteiger partial charge in [-0.1, -0.05) is 31.4 Å². The molecule has 0 aromatic rings. The van der Waals surface area contributed by atoms with Crippen LogP contribution < -0.4 is 0 Å². The van der Waals surface area contributed by atoms with Crippen molar-refractivity contribution in [2.45, 2.75) is 70.5 Å². The lowest BCUT2D eigenvalue weighted by molar-refractivity contribution is -0.0925. The van der Waals surface area contributed by atoms with Crippen molar-refractivity contribution in [2.24, 2.45) is 35.0 Å². The molecule has 3 fully saturated rings. The first-order valence-electron chi connectivity index (χ1n) is 9.48. The van der Waals surface area contributed by atoms with Crippen LogP contribution in [0.4, 0.5) is 0 Å². The minimum atomic E-state index is -0.935. The fourth-order valence-electron chi connectivity index (χ4n) is 6.90. The summed E-state index contributed by atoms with van der Waals surface area (Å²) in [7, 11) is 0. The average Bonchev–Trinajstić information content (AvgIpc) is 2.75. The number of aliphatic hydroxyl groups is 2. The molecule has 126 valence electrons. The van der Waals surface area contributed by atoms with Gasteiger partial charge in [0, 0.05) is 5.41 Å². The van der Waals surface area contributed by atoms with E-state index in [0.29, 0.717) is 17.8 Å². The maximum absolute atomic E-state index is 11.2. The summed E-state index contributed by atoms with van der Waals surface area (Å²) in [5, 5.41) is 21.2. The lowest BCUT2D eigenvalue weighted by atomic mass is 9.51. The first-order valence-corrected chi connectivity index (χ1v) is 9.48. The highest BCUT2D eigenvalue weighted by Gasteiger charge is 2.64. The minimum Gasteiger partial charge on any atom is -0.393 e. The van der Waals surface area contributed by atoms with E-state index in [1.807, 2.05) is 0 Å². The van der Waals surface area contributed by atoms with Crippen LogP contribution in [-0.4, -0.2) is 21.9 Å². The largest absolute Gasteiger partial charge is 0.393 e. The van der Waals surface area contributed by atoms with E-state index in [4.69, 9.17) is 6.42 Å². The van der Waals surface area contributed by atoms with Gasteiger partial charge >= 0.3 is 0 Å². The number of fused-ring (bicyclic) bond motifs is 5. The van der Waals surface area contributed by atoms with Crippen molar-refractivity contribution >= 4 is 0 Å². The quantitative estimate of drug-likeness (QED) is 0.530. The molecule has 2 nitrogen and oxygen atoms in total. The van der Waals surface area contributed by atoms with Gasteiger partial charge in [0.1, 0.15) is 5.60 Å². The van der Waals surface area contributed by atoms with Crippen molar-refractivity contribution in [2.75, 3.05) is 0 Å². The number of allylic oxidation sites excluding steroid dienone is 1. The summed E-state index contributed by atoms with van der Waals surface area (Å²) in [5.41, 5.74) is 0.462. The van der Waals surface area contributed by atoms with Gasteiger partial charge in [-0.25, -0.2) is 0 Å². The Hall–Kier alpha value is -0.780. The third kappa shape index (κ3) is 1.96. The molecular formula is C21H30O2. The number of rotatable bonds is 0. The molecule has 0 spiro atoms. The van der Waals surface area contributed by atoms with E-state index in [1.165, 1.54) is 12.0 Å². The van der Waals surface area contributed by atoms with Crippen LogP contribution in [0.2, 0.25) is 0 Å². The maximum Gasteiger partial charge on any atom is 0.133 e. The van der Waals surface area contributed by atoms with Crippen LogP contribution >= 0.6 is 0 Å². The predicted molar refractivity (Wildman–Crippen MR) is 91.4 cm³/mol. The Kier molecular flexibility index (Phi) is 3.49. The zero-order chi connectivity index (χ0) is 16.4. The normalized spacial score (nSPS) is 55.2. The van der Waals surface area contributed by atoms with E-state index in [2.05, 4.69) is 25.8 Å². The summed E-state index contributed by atoms with van der Waals surface area (Å²) < 4.78 is 0. The first-order chi connectivity index (χ1) is 10.9. The standard InChI is InChI=1S/C21H30O2/c1-4-21(23)13(2)11-19-18-7-5-14-12-15(22)6-8-16(14)17(18)9-10-20(19,21)3/h1,5,13,15-19,22-23H,6-12H2,2-3H3/t13-,15-,16-,17?,18?,19?,20-,21-/m0/s1. The van der Waals surface area contributed by atoms with Gasteiger partial charge in [0.05, 0.1) is 6.10 Å². The van der Waals surface area contributed by atoms with E-state index in [-0.39, 0.29) is 17.4 Å². The van der Waals surface area contributed by atoms with E-state index in [0.717, 1.165) is 44.4 Å². The van der Waals surface area contributed by atoms with Gasteiger partial charge in [0.2, 0.25) is 0 Å². The Morgan fingerprint density at radius 1 is 1.26 bits per heavy atom. The summed E-state index contributed by atoms with van der Waals surface area (Å²) in [6.07, 6.45) is 15.5. The second-order valence-electron chi connectivity index (χ2n) is 8.99. The molecule has 0 bridgehead atoms. The van der Waals surface area contributed by atoms with Crippen LogP contribution in [0.1, 0.15) is 58.8 Å². The highest BCUT2D eigenvalue weighted by atomic mass is 16.3. The third-order valence-electron chi connectivity index (χ3n) is 8.22. The van der Waals surface area contributed by atoms with E-state index in [9.17, 15) is 10.2 Å². The Labute approximate surface area is 140 Å². The van der Waals surface area contributed by atoms with Crippen molar-refractivity contribution in [3.63, 3.8) is 0 Å². The number of aliphatic hydroxyl groups excluding tert-OH is 1. The van der Waals surface area contributed by atoms with Crippen LogP contribution in [0.5, 0.6) is 0 Å². The Balaban J connectivity index is 1.67. The predicted octanol–water partition coefficient (Wildman–Crippen LogP) is 3.53. The van der Waals surface area contributed by atoms with E-state index >= 15 is 0 Å². The van der Waals surface area contributed by atoms with Crippen molar-refractivity contribution in [3.8, 4) is 12.3 Å². The Bertz CT molecular complexity index is 573. The molecule has 2 N–H and O–H groups in total.